The number of hydrogen-bond acceptors (Lipinski definition) is 2. The van der Waals surface area contributed by atoms with Gasteiger partial charge in [-0.2, -0.15) is 0 Å². The van der Waals surface area contributed by atoms with Crippen molar-refractivity contribution in [2.45, 2.75) is 86.0 Å². The predicted molar refractivity (Wildman–Crippen MR) is 97.6 cm³/mol. The van der Waals surface area contributed by atoms with Crippen LogP contribution in [0.5, 0.6) is 0 Å². The van der Waals surface area contributed by atoms with Crippen LogP contribution in [0.3, 0.4) is 0 Å². The number of unbranched alkanes of at least 4 members (excludes halogenated alkanes) is 2. The lowest BCUT2D eigenvalue weighted by Gasteiger charge is -2.29. The molecule has 0 saturated carbocycles. The minimum Gasteiger partial charge on any atom is -0.212 e. The molecule has 0 radical (unpaired) electrons. The fourth-order valence-electron chi connectivity index (χ4n) is 2.89. The number of nitrogens with zero attached hydrogens (tertiary/aromatic N) is 1. The summed E-state index contributed by atoms with van der Waals surface area (Å²) in [4.78, 5) is 0. The van der Waals surface area contributed by atoms with E-state index in [4.69, 9.17) is 0 Å². The van der Waals surface area contributed by atoms with E-state index in [0.717, 1.165) is 38.8 Å². The minimum atomic E-state index is -3.09. The molecule has 0 spiro atoms. The number of sulfonamides is 1. The van der Waals surface area contributed by atoms with Gasteiger partial charge in [0.2, 0.25) is 10.0 Å². The van der Waals surface area contributed by atoms with Crippen LogP contribution in [0.15, 0.2) is 0 Å². The van der Waals surface area contributed by atoms with Crippen LogP contribution in [0, 0.1) is 11.8 Å². The van der Waals surface area contributed by atoms with Gasteiger partial charge in [-0.15, -0.1) is 0 Å². The zero-order valence-corrected chi connectivity index (χ0v) is 16.4. The quantitative estimate of drug-likeness (QED) is 0.445. The highest BCUT2D eigenvalue weighted by Gasteiger charge is 2.25. The highest BCUT2D eigenvalue weighted by molar-refractivity contribution is 7.89. The van der Waals surface area contributed by atoms with Crippen molar-refractivity contribution in [3.63, 3.8) is 0 Å². The van der Waals surface area contributed by atoms with E-state index in [0.29, 0.717) is 11.8 Å². The van der Waals surface area contributed by atoms with Gasteiger partial charge in [-0.1, -0.05) is 66.2 Å². The third kappa shape index (κ3) is 8.52. The van der Waals surface area contributed by atoms with E-state index in [1.165, 1.54) is 25.7 Å². The molecule has 2 atom stereocenters. The van der Waals surface area contributed by atoms with E-state index >= 15 is 0 Å². The van der Waals surface area contributed by atoms with Crippen molar-refractivity contribution in [3.05, 3.63) is 0 Å². The van der Waals surface area contributed by atoms with Crippen molar-refractivity contribution in [2.75, 3.05) is 18.8 Å². The van der Waals surface area contributed by atoms with Crippen LogP contribution in [0.2, 0.25) is 0 Å². The summed E-state index contributed by atoms with van der Waals surface area (Å²) < 4.78 is 26.8. The molecule has 0 saturated heterocycles. The molecule has 0 aliphatic rings. The first-order valence-electron chi connectivity index (χ1n) is 9.42. The van der Waals surface area contributed by atoms with Gasteiger partial charge in [-0.3, -0.25) is 0 Å². The maximum absolute atomic E-state index is 12.5. The Morgan fingerprint density at radius 1 is 0.773 bits per heavy atom. The van der Waals surface area contributed by atoms with Crippen molar-refractivity contribution in [1.29, 1.82) is 0 Å². The monoisotopic (exact) mass is 333 g/mol. The Labute approximate surface area is 139 Å². The molecule has 0 aliphatic carbocycles. The maximum Gasteiger partial charge on any atom is 0.213 e. The van der Waals surface area contributed by atoms with Gasteiger partial charge >= 0.3 is 0 Å². The lowest BCUT2D eigenvalue weighted by Crippen LogP contribution is -2.39. The Morgan fingerprint density at radius 3 is 1.45 bits per heavy atom. The van der Waals surface area contributed by atoms with E-state index in [9.17, 15) is 8.42 Å². The molecule has 0 N–H and O–H groups in total. The standard InChI is InChI=1S/C18H39NO2S/c1-6-11-13-17(8-3)15-19(22(20,21)10-5)16-18(9-4)14-12-7-2/h17-18H,6-16H2,1-5H3. The molecule has 0 amide bonds. The van der Waals surface area contributed by atoms with Gasteiger partial charge in [0.05, 0.1) is 5.75 Å². The van der Waals surface area contributed by atoms with Crippen LogP contribution in [0.25, 0.3) is 0 Å². The van der Waals surface area contributed by atoms with E-state index in [-0.39, 0.29) is 5.75 Å². The molecular formula is C18H39NO2S. The highest BCUT2D eigenvalue weighted by Crippen LogP contribution is 2.21. The molecule has 0 rings (SSSR count). The second kappa shape index (κ2) is 12.3. The Balaban J connectivity index is 4.88. The summed E-state index contributed by atoms with van der Waals surface area (Å²) in [5, 5.41) is 0. The molecule has 0 aliphatic heterocycles. The fraction of sp³-hybridized carbons (Fsp3) is 1.00. The van der Waals surface area contributed by atoms with Crippen molar-refractivity contribution >= 4 is 10.0 Å². The van der Waals surface area contributed by atoms with Crippen molar-refractivity contribution < 1.29 is 8.42 Å². The third-order valence-corrected chi connectivity index (χ3v) is 6.58. The zero-order chi connectivity index (χ0) is 17.0. The minimum absolute atomic E-state index is 0.224. The topological polar surface area (TPSA) is 37.4 Å². The third-order valence-electron chi connectivity index (χ3n) is 4.77. The molecule has 3 nitrogen and oxygen atoms in total. The smallest absolute Gasteiger partial charge is 0.212 e. The first kappa shape index (κ1) is 21.9. The van der Waals surface area contributed by atoms with Gasteiger partial charge in [-0.25, -0.2) is 12.7 Å². The summed E-state index contributed by atoms with van der Waals surface area (Å²) >= 11 is 0. The lowest BCUT2D eigenvalue weighted by atomic mass is 9.97. The molecule has 0 aromatic heterocycles. The Morgan fingerprint density at radius 2 is 1.18 bits per heavy atom. The average molecular weight is 334 g/mol. The average Bonchev–Trinajstić information content (AvgIpc) is 2.53. The van der Waals surface area contributed by atoms with Crippen LogP contribution in [-0.4, -0.2) is 31.6 Å². The summed E-state index contributed by atoms with van der Waals surface area (Å²) in [6.45, 7) is 12.0. The van der Waals surface area contributed by atoms with Crippen LogP contribution in [0.1, 0.15) is 86.0 Å². The fourth-order valence-corrected chi connectivity index (χ4v) is 4.14. The van der Waals surface area contributed by atoms with Gasteiger partial charge in [-0.05, 0) is 31.6 Å². The molecule has 0 heterocycles. The molecule has 22 heavy (non-hydrogen) atoms. The molecule has 0 fully saturated rings. The molecule has 0 aromatic carbocycles. The molecular weight excluding hydrogens is 294 g/mol. The van der Waals surface area contributed by atoms with Gasteiger partial charge in [0.25, 0.3) is 0 Å². The van der Waals surface area contributed by atoms with Crippen LogP contribution in [0.4, 0.5) is 0 Å². The first-order valence-corrected chi connectivity index (χ1v) is 11.0. The van der Waals surface area contributed by atoms with Crippen LogP contribution < -0.4 is 0 Å². The van der Waals surface area contributed by atoms with Gasteiger partial charge in [0.1, 0.15) is 0 Å². The summed E-state index contributed by atoms with van der Waals surface area (Å²) in [5.41, 5.74) is 0. The second-order valence-corrected chi connectivity index (χ2v) is 8.81. The van der Waals surface area contributed by atoms with Crippen LogP contribution >= 0.6 is 0 Å². The van der Waals surface area contributed by atoms with E-state index < -0.39 is 10.0 Å². The summed E-state index contributed by atoms with van der Waals surface area (Å²) in [5.74, 6) is 1.23. The number of rotatable bonds is 14. The predicted octanol–water partition coefficient (Wildman–Crippen LogP) is 5.07. The second-order valence-electron chi connectivity index (χ2n) is 6.55. The Kier molecular flexibility index (Phi) is 12.3. The molecule has 0 aromatic rings. The van der Waals surface area contributed by atoms with E-state index in [2.05, 4.69) is 27.7 Å². The summed E-state index contributed by atoms with van der Waals surface area (Å²) in [6.07, 6.45) is 9.21. The van der Waals surface area contributed by atoms with Gasteiger partial charge in [0.15, 0.2) is 0 Å². The van der Waals surface area contributed by atoms with Gasteiger partial charge < -0.3 is 0 Å². The largest absolute Gasteiger partial charge is 0.213 e. The van der Waals surface area contributed by atoms with E-state index in [1.807, 2.05) is 0 Å². The maximum atomic E-state index is 12.5. The van der Waals surface area contributed by atoms with Crippen molar-refractivity contribution in [2.24, 2.45) is 11.8 Å². The molecule has 2 unspecified atom stereocenters. The lowest BCUT2D eigenvalue weighted by molar-refractivity contribution is 0.270. The summed E-state index contributed by atoms with van der Waals surface area (Å²) in [7, 11) is -3.09. The van der Waals surface area contributed by atoms with Crippen molar-refractivity contribution in [3.8, 4) is 0 Å². The van der Waals surface area contributed by atoms with Crippen molar-refractivity contribution in [1.82, 2.24) is 4.31 Å². The SMILES string of the molecule is CCCCC(CC)CN(CC(CC)CCCC)S(=O)(=O)CC. The molecule has 4 heteroatoms. The van der Waals surface area contributed by atoms with Crippen LogP contribution in [-0.2, 0) is 10.0 Å². The van der Waals surface area contributed by atoms with Gasteiger partial charge in [0, 0.05) is 13.1 Å². The summed E-state index contributed by atoms with van der Waals surface area (Å²) in [6, 6.07) is 0. The van der Waals surface area contributed by atoms with E-state index in [1.54, 1.807) is 11.2 Å². The first-order chi connectivity index (χ1) is 10.4. The molecule has 0 bridgehead atoms. The Hall–Kier alpha value is -0.0900. The molecule has 134 valence electrons. The zero-order valence-electron chi connectivity index (χ0n) is 15.6. The highest BCUT2D eigenvalue weighted by atomic mass is 32.2. The Bertz CT molecular complexity index is 336. The normalized spacial score (nSPS) is 15.2. The number of hydrogen-bond donors (Lipinski definition) is 0.